The average molecular weight is 523 g/mol. The summed E-state index contributed by atoms with van der Waals surface area (Å²) in [6, 6.07) is 15.9. The van der Waals surface area contributed by atoms with Crippen LogP contribution in [0, 0.1) is 0 Å². The van der Waals surface area contributed by atoms with E-state index in [9.17, 15) is 4.79 Å². The normalized spacial score (nSPS) is 18.0. The maximum absolute atomic E-state index is 11.7. The fraction of sp³-hybridized carbons (Fsp3) is 0.379. The molecule has 1 fully saturated rings. The van der Waals surface area contributed by atoms with Crippen LogP contribution in [0.15, 0.2) is 54.7 Å². The zero-order valence-corrected chi connectivity index (χ0v) is 22.7. The number of carbonyl (C=O) groups is 1. The van der Waals surface area contributed by atoms with Crippen molar-refractivity contribution in [3.63, 3.8) is 0 Å². The highest BCUT2D eigenvalue weighted by Gasteiger charge is 2.47. The van der Waals surface area contributed by atoms with Crippen LogP contribution in [0.1, 0.15) is 48.9 Å². The maximum Gasteiger partial charge on any atom is 0.209 e. The highest BCUT2D eigenvalue weighted by atomic mass is 35.5. The van der Waals surface area contributed by atoms with E-state index in [1.165, 1.54) is 0 Å². The topological polar surface area (TPSA) is 59.8 Å². The Morgan fingerprint density at radius 2 is 1.78 bits per heavy atom. The highest BCUT2D eigenvalue weighted by Crippen LogP contribution is 2.42. The van der Waals surface area contributed by atoms with Crippen molar-refractivity contribution in [1.29, 1.82) is 0 Å². The summed E-state index contributed by atoms with van der Waals surface area (Å²) >= 11 is 6.02. The van der Waals surface area contributed by atoms with E-state index in [0.29, 0.717) is 18.1 Å². The van der Waals surface area contributed by atoms with Gasteiger partial charge in [-0.3, -0.25) is 9.69 Å². The molecule has 2 aromatic carbocycles. The van der Waals surface area contributed by atoms with Gasteiger partial charge >= 0.3 is 0 Å². The molecular formula is C29H35ClN4O3. The molecule has 0 bridgehead atoms. The van der Waals surface area contributed by atoms with Crippen LogP contribution in [0.25, 0.3) is 17.8 Å². The number of nitrogens with zero attached hydrogens (tertiary/aromatic N) is 4. The Kier molecular flexibility index (Phi) is 8.82. The lowest BCUT2D eigenvalue weighted by Crippen LogP contribution is -2.48. The van der Waals surface area contributed by atoms with Gasteiger partial charge in [-0.25, -0.2) is 4.68 Å². The zero-order chi connectivity index (χ0) is 26.4. The molecule has 0 radical (unpaired) electrons. The van der Waals surface area contributed by atoms with Crippen LogP contribution >= 0.6 is 11.6 Å². The predicted octanol–water partition coefficient (Wildman–Crippen LogP) is 5.39. The first-order valence-corrected chi connectivity index (χ1v) is 13.0. The zero-order valence-electron chi connectivity index (χ0n) is 21.9. The minimum Gasteiger partial charge on any atom is -0.350 e. The van der Waals surface area contributed by atoms with E-state index >= 15 is 0 Å². The van der Waals surface area contributed by atoms with E-state index in [-0.39, 0.29) is 5.54 Å². The number of aromatic nitrogens is 2. The number of hydrogen-bond donors (Lipinski definition) is 0. The van der Waals surface area contributed by atoms with Crippen molar-refractivity contribution < 1.29 is 14.3 Å². The van der Waals surface area contributed by atoms with Crippen LogP contribution in [0.5, 0.6) is 0 Å². The van der Waals surface area contributed by atoms with Crippen molar-refractivity contribution in [1.82, 2.24) is 19.6 Å². The van der Waals surface area contributed by atoms with Gasteiger partial charge in [0.2, 0.25) is 12.7 Å². The molecule has 3 aromatic rings. The lowest BCUT2D eigenvalue weighted by molar-refractivity contribution is -0.117. The fourth-order valence-electron chi connectivity index (χ4n) is 5.38. The minimum absolute atomic E-state index is 0.376. The molecule has 0 aliphatic carbocycles. The molecule has 1 aliphatic heterocycles. The van der Waals surface area contributed by atoms with Crippen LogP contribution in [0.3, 0.4) is 0 Å². The Morgan fingerprint density at radius 1 is 1.08 bits per heavy atom. The molecule has 2 heterocycles. The summed E-state index contributed by atoms with van der Waals surface area (Å²) in [5.41, 5.74) is 4.49. The van der Waals surface area contributed by atoms with Crippen molar-refractivity contribution in [2.45, 2.75) is 32.1 Å². The Balaban J connectivity index is 1.79. The first-order valence-electron chi connectivity index (χ1n) is 12.6. The van der Waals surface area contributed by atoms with Crippen molar-refractivity contribution in [3.05, 3.63) is 82.1 Å². The van der Waals surface area contributed by atoms with E-state index in [1.54, 1.807) is 14.2 Å². The molecule has 1 atom stereocenters. The number of rotatable bonds is 11. The smallest absolute Gasteiger partial charge is 0.209 e. The molecule has 1 unspecified atom stereocenters. The molecule has 1 aliphatic rings. The number of ether oxygens (including phenoxy) is 2. The molecule has 37 heavy (non-hydrogen) atoms. The van der Waals surface area contributed by atoms with Crippen molar-refractivity contribution in [2.24, 2.45) is 0 Å². The van der Waals surface area contributed by atoms with Gasteiger partial charge in [-0.05, 0) is 54.9 Å². The van der Waals surface area contributed by atoms with Gasteiger partial charge in [0.15, 0.2) is 0 Å². The Labute approximate surface area is 224 Å². The molecule has 196 valence electrons. The second-order valence-corrected chi connectivity index (χ2v) is 9.60. The van der Waals surface area contributed by atoms with E-state index in [2.05, 4.69) is 43.0 Å². The Bertz CT molecular complexity index is 1220. The van der Waals surface area contributed by atoms with Gasteiger partial charge in [-0.2, -0.15) is 5.10 Å². The van der Waals surface area contributed by atoms with Gasteiger partial charge in [0.1, 0.15) is 5.69 Å². The summed E-state index contributed by atoms with van der Waals surface area (Å²) in [5, 5.41) is 5.56. The van der Waals surface area contributed by atoms with Crippen LogP contribution < -0.4 is 0 Å². The second kappa shape index (κ2) is 12.0. The Hall–Kier alpha value is -2.97. The van der Waals surface area contributed by atoms with Crippen molar-refractivity contribution >= 4 is 30.2 Å². The summed E-state index contributed by atoms with van der Waals surface area (Å²) in [4.78, 5) is 16.0. The van der Waals surface area contributed by atoms with Gasteiger partial charge in [0.05, 0.1) is 17.4 Å². The largest absolute Gasteiger partial charge is 0.350 e. The SMILES string of the molecule is CCN(CC)C1(c2cnn(-c3cccc(/C=C/c4ccc(Cl)cc4)c3)c2C(OC)OC)CCN(C=O)C1. The minimum atomic E-state index is -0.622. The fourth-order valence-corrected chi connectivity index (χ4v) is 5.51. The number of hydrogen-bond acceptors (Lipinski definition) is 5. The van der Waals surface area contributed by atoms with Gasteiger partial charge in [-0.15, -0.1) is 0 Å². The summed E-state index contributed by atoms with van der Waals surface area (Å²) < 4.78 is 13.5. The molecule has 4 rings (SSSR count). The molecule has 7 nitrogen and oxygen atoms in total. The maximum atomic E-state index is 11.7. The number of carbonyl (C=O) groups excluding carboxylic acids is 1. The molecule has 8 heteroatoms. The lowest BCUT2D eigenvalue weighted by Gasteiger charge is -2.40. The molecule has 1 amide bonds. The third kappa shape index (κ3) is 5.50. The first kappa shape index (κ1) is 27.1. The number of benzene rings is 2. The predicted molar refractivity (Wildman–Crippen MR) is 148 cm³/mol. The highest BCUT2D eigenvalue weighted by molar-refractivity contribution is 6.30. The third-order valence-corrected chi connectivity index (χ3v) is 7.46. The number of likely N-dealkylation sites (tertiary alicyclic amines) is 1. The summed E-state index contributed by atoms with van der Waals surface area (Å²) in [5.74, 6) is 0. The van der Waals surface area contributed by atoms with Gasteiger partial charge in [0, 0.05) is 37.9 Å². The molecular weight excluding hydrogens is 488 g/mol. The first-order chi connectivity index (χ1) is 18.0. The average Bonchev–Trinajstić information content (AvgIpc) is 3.56. The Morgan fingerprint density at radius 3 is 2.41 bits per heavy atom. The van der Waals surface area contributed by atoms with Gasteiger partial charge < -0.3 is 14.4 Å². The third-order valence-electron chi connectivity index (χ3n) is 7.21. The van der Waals surface area contributed by atoms with Crippen LogP contribution in [-0.4, -0.2) is 66.4 Å². The number of methoxy groups -OCH3 is 2. The summed E-state index contributed by atoms with van der Waals surface area (Å²) in [7, 11) is 3.27. The molecule has 0 saturated carbocycles. The monoisotopic (exact) mass is 522 g/mol. The summed E-state index contributed by atoms with van der Waals surface area (Å²) in [6.07, 6.45) is 7.18. The quantitative estimate of drug-likeness (QED) is 0.192. The molecule has 1 aromatic heterocycles. The van der Waals surface area contributed by atoms with Crippen LogP contribution in [-0.2, 0) is 19.8 Å². The van der Waals surface area contributed by atoms with E-state index in [0.717, 1.165) is 54.0 Å². The standard InChI is InChI=1S/C29H35ClN4O3/c1-5-33(6-2)29(16-17-32(20-29)21-35)26-19-31-34(27(26)28(36-3)37-4)25-9-7-8-23(18-25)11-10-22-12-14-24(30)15-13-22/h7-15,18-19,21,28H,5-6,16-17,20H2,1-4H3/b11-10+. The molecule has 0 N–H and O–H groups in total. The second-order valence-electron chi connectivity index (χ2n) is 9.17. The van der Waals surface area contributed by atoms with Crippen molar-refractivity contribution in [2.75, 3.05) is 40.4 Å². The number of likely N-dealkylation sites (N-methyl/N-ethyl adjacent to an activating group) is 1. The molecule has 1 saturated heterocycles. The van der Waals surface area contributed by atoms with E-state index in [4.69, 9.17) is 26.2 Å². The van der Waals surface area contributed by atoms with Crippen LogP contribution in [0.4, 0.5) is 0 Å². The van der Waals surface area contributed by atoms with Crippen molar-refractivity contribution in [3.8, 4) is 5.69 Å². The molecule has 0 spiro atoms. The van der Waals surface area contributed by atoms with E-state index in [1.807, 2.05) is 52.2 Å². The van der Waals surface area contributed by atoms with E-state index < -0.39 is 6.29 Å². The lowest BCUT2D eigenvalue weighted by atomic mass is 9.86. The van der Waals surface area contributed by atoms with Crippen LogP contribution in [0.2, 0.25) is 5.02 Å². The summed E-state index contributed by atoms with van der Waals surface area (Å²) in [6.45, 7) is 7.30. The number of halogens is 1. The number of amides is 1. The van der Waals surface area contributed by atoms with Gasteiger partial charge in [-0.1, -0.05) is 61.9 Å². The van der Waals surface area contributed by atoms with Gasteiger partial charge in [0.25, 0.3) is 0 Å².